The minimum Gasteiger partial charge on any atom is -0.452 e. The van der Waals surface area contributed by atoms with Gasteiger partial charge in [0.15, 0.2) is 6.61 Å². The van der Waals surface area contributed by atoms with Gasteiger partial charge in [0, 0.05) is 19.3 Å². The fourth-order valence-corrected chi connectivity index (χ4v) is 3.92. The molecule has 34 heavy (non-hydrogen) atoms. The Kier molecular flexibility index (Phi) is 9.22. The van der Waals surface area contributed by atoms with Crippen molar-refractivity contribution in [3.63, 3.8) is 0 Å². The van der Waals surface area contributed by atoms with Crippen molar-refractivity contribution < 1.29 is 19.1 Å². The number of carbonyl (C=O) groups is 3. The Morgan fingerprint density at radius 2 is 1.41 bits per heavy atom. The largest absolute Gasteiger partial charge is 0.452 e. The highest BCUT2D eigenvalue weighted by Crippen LogP contribution is 2.20. The van der Waals surface area contributed by atoms with Gasteiger partial charge in [0.25, 0.3) is 5.91 Å². The van der Waals surface area contributed by atoms with E-state index in [4.69, 9.17) is 4.74 Å². The second-order valence-electron chi connectivity index (χ2n) is 7.63. The smallest absolute Gasteiger partial charge is 0.341 e. The number of benzene rings is 2. The number of carbonyl (C=O) groups excluding carboxylic acids is 3. The van der Waals surface area contributed by atoms with Crippen LogP contribution in [0.3, 0.4) is 0 Å². The number of esters is 1. The second-order valence-corrected chi connectivity index (χ2v) is 8.59. The summed E-state index contributed by atoms with van der Waals surface area (Å²) in [5.41, 5.74) is 4.43. The van der Waals surface area contributed by atoms with Crippen molar-refractivity contribution in [1.82, 2.24) is 15.6 Å². The molecule has 0 bridgehead atoms. The number of thioether (sulfide) groups is 1. The van der Waals surface area contributed by atoms with E-state index in [0.29, 0.717) is 18.1 Å². The highest BCUT2D eigenvalue weighted by molar-refractivity contribution is 8.00. The summed E-state index contributed by atoms with van der Waals surface area (Å²) < 4.78 is 5.17. The zero-order chi connectivity index (χ0) is 24.3. The van der Waals surface area contributed by atoms with Gasteiger partial charge in [-0.05, 0) is 48.2 Å². The van der Waals surface area contributed by atoms with E-state index in [2.05, 4.69) is 15.6 Å². The lowest BCUT2D eigenvalue weighted by molar-refractivity contribution is -0.124. The van der Waals surface area contributed by atoms with Crippen LogP contribution in [-0.2, 0) is 27.4 Å². The molecule has 0 spiro atoms. The zero-order valence-corrected chi connectivity index (χ0v) is 20.0. The van der Waals surface area contributed by atoms with Gasteiger partial charge in [-0.2, -0.15) is 0 Å². The van der Waals surface area contributed by atoms with Crippen LogP contribution in [0.2, 0.25) is 0 Å². The molecular weight excluding hydrogens is 450 g/mol. The monoisotopic (exact) mass is 477 g/mol. The molecule has 0 radical (unpaired) electrons. The lowest BCUT2D eigenvalue weighted by atomic mass is 10.1. The van der Waals surface area contributed by atoms with Crippen molar-refractivity contribution in [2.45, 2.75) is 32.0 Å². The van der Waals surface area contributed by atoms with E-state index in [-0.39, 0.29) is 17.2 Å². The van der Waals surface area contributed by atoms with E-state index in [1.54, 1.807) is 18.3 Å². The van der Waals surface area contributed by atoms with Crippen LogP contribution in [0, 0.1) is 13.8 Å². The number of rotatable bonds is 10. The number of hydrogen-bond donors (Lipinski definition) is 2. The summed E-state index contributed by atoms with van der Waals surface area (Å²) in [7, 11) is 0. The minimum atomic E-state index is -0.665. The molecule has 0 aliphatic rings. The van der Waals surface area contributed by atoms with Crippen LogP contribution < -0.4 is 10.6 Å². The molecule has 0 unspecified atom stereocenters. The van der Waals surface area contributed by atoms with Crippen LogP contribution in [-0.4, -0.2) is 35.1 Å². The van der Waals surface area contributed by atoms with Gasteiger partial charge < -0.3 is 15.4 Å². The number of nitrogens with one attached hydrogen (secondary N) is 2. The molecule has 2 amide bonds. The molecule has 2 N–H and O–H groups in total. The number of amides is 2. The number of pyridine rings is 1. The van der Waals surface area contributed by atoms with Gasteiger partial charge in [0.05, 0.1) is 11.3 Å². The minimum absolute atomic E-state index is 0.0973. The first-order chi connectivity index (χ1) is 16.4. The summed E-state index contributed by atoms with van der Waals surface area (Å²) in [6, 6.07) is 18.7. The lowest BCUT2D eigenvalue weighted by Gasteiger charge is -2.10. The van der Waals surface area contributed by atoms with Gasteiger partial charge >= 0.3 is 5.97 Å². The Balaban J connectivity index is 1.47. The quantitative estimate of drug-likeness (QED) is 0.342. The maximum atomic E-state index is 12.5. The zero-order valence-electron chi connectivity index (χ0n) is 19.2. The molecule has 1 aromatic heterocycles. The summed E-state index contributed by atoms with van der Waals surface area (Å²) in [4.78, 5) is 41.1. The molecule has 176 valence electrons. The third-order valence-electron chi connectivity index (χ3n) is 5.14. The summed E-state index contributed by atoms with van der Waals surface area (Å²) in [6.07, 6.45) is 1.54. The molecule has 1 heterocycles. The van der Waals surface area contributed by atoms with Gasteiger partial charge in [-0.1, -0.05) is 60.3 Å². The average molecular weight is 478 g/mol. The number of ether oxygens (including phenoxy) is 1. The molecule has 0 fully saturated rings. The van der Waals surface area contributed by atoms with E-state index in [1.807, 2.05) is 62.4 Å². The Bertz CT molecular complexity index is 1170. The Labute approximate surface area is 203 Å². The number of nitrogens with zero attached hydrogens (tertiary/aromatic N) is 1. The molecule has 7 nitrogen and oxygen atoms in total. The van der Waals surface area contributed by atoms with Crippen molar-refractivity contribution in [2.75, 3.05) is 12.4 Å². The van der Waals surface area contributed by atoms with Crippen LogP contribution in [0.25, 0.3) is 0 Å². The topological polar surface area (TPSA) is 97.4 Å². The predicted molar refractivity (Wildman–Crippen MR) is 131 cm³/mol. The number of aryl methyl sites for hydroxylation is 2. The molecule has 3 aromatic rings. The average Bonchev–Trinajstić information content (AvgIpc) is 2.85. The van der Waals surface area contributed by atoms with Crippen LogP contribution in [0.4, 0.5) is 0 Å². The normalized spacial score (nSPS) is 10.4. The van der Waals surface area contributed by atoms with Crippen molar-refractivity contribution >= 4 is 29.5 Å². The maximum Gasteiger partial charge on any atom is 0.341 e. The molecule has 3 rings (SSSR count). The van der Waals surface area contributed by atoms with E-state index >= 15 is 0 Å². The fourth-order valence-electron chi connectivity index (χ4n) is 3.11. The second kappa shape index (κ2) is 12.6. The van der Waals surface area contributed by atoms with Gasteiger partial charge in [0.1, 0.15) is 5.03 Å². The van der Waals surface area contributed by atoms with Crippen LogP contribution in [0.15, 0.2) is 71.9 Å². The van der Waals surface area contributed by atoms with Gasteiger partial charge in [-0.3, -0.25) is 9.59 Å². The summed E-state index contributed by atoms with van der Waals surface area (Å²) >= 11 is 1.14. The van der Waals surface area contributed by atoms with Gasteiger partial charge in [-0.15, -0.1) is 0 Å². The summed E-state index contributed by atoms with van der Waals surface area (Å²) in [6.45, 7) is 4.34. The van der Waals surface area contributed by atoms with Crippen molar-refractivity contribution in [2.24, 2.45) is 0 Å². The van der Waals surface area contributed by atoms with Crippen LogP contribution in [0.5, 0.6) is 0 Å². The Morgan fingerprint density at radius 3 is 2.03 bits per heavy atom. The SMILES string of the molecule is Cc1ccccc1CNC(=O)COC(=O)c1cccnc1SCC(=O)NCc1ccccc1C. The molecular formula is C26H27N3O4S. The van der Waals surface area contributed by atoms with Crippen molar-refractivity contribution in [1.29, 1.82) is 0 Å². The number of hydrogen-bond acceptors (Lipinski definition) is 6. The van der Waals surface area contributed by atoms with E-state index < -0.39 is 18.5 Å². The van der Waals surface area contributed by atoms with Crippen LogP contribution >= 0.6 is 11.8 Å². The predicted octanol–water partition coefficient (Wildman–Crippen LogP) is 3.58. The van der Waals surface area contributed by atoms with Gasteiger partial charge in [-0.25, -0.2) is 9.78 Å². The molecule has 0 aliphatic heterocycles. The first-order valence-electron chi connectivity index (χ1n) is 10.8. The van der Waals surface area contributed by atoms with Gasteiger partial charge in [0.2, 0.25) is 5.91 Å². The van der Waals surface area contributed by atoms with Crippen molar-refractivity contribution in [3.05, 3.63) is 94.7 Å². The molecule has 0 saturated carbocycles. The van der Waals surface area contributed by atoms with E-state index in [1.165, 1.54) is 0 Å². The first-order valence-corrected chi connectivity index (χ1v) is 11.8. The molecule has 0 saturated heterocycles. The third-order valence-corrected chi connectivity index (χ3v) is 6.15. The summed E-state index contributed by atoms with van der Waals surface area (Å²) in [5, 5.41) is 5.99. The van der Waals surface area contributed by atoms with E-state index in [0.717, 1.165) is 34.0 Å². The lowest BCUT2D eigenvalue weighted by Crippen LogP contribution is -2.28. The molecule has 2 aromatic carbocycles. The van der Waals surface area contributed by atoms with E-state index in [9.17, 15) is 14.4 Å². The third kappa shape index (κ3) is 7.45. The highest BCUT2D eigenvalue weighted by atomic mass is 32.2. The molecule has 0 aliphatic carbocycles. The molecule has 0 atom stereocenters. The number of aromatic nitrogens is 1. The van der Waals surface area contributed by atoms with Crippen molar-refractivity contribution in [3.8, 4) is 0 Å². The Hall–Kier alpha value is -3.65. The van der Waals surface area contributed by atoms with Crippen LogP contribution in [0.1, 0.15) is 32.6 Å². The maximum absolute atomic E-state index is 12.5. The Morgan fingerprint density at radius 1 is 0.824 bits per heavy atom. The standard InChI is InChI=1S/C26H27N3O4S/c1-18-8-3-5-10-20(18)14-28-23(30)16-33-26(32)22-12-7-13-27-25(22)34-17-24(31)29-15-21-11-6-4-9-19(21)2/h3-13H,14-17H2,1-2H3,(H,28,30)(H,29,31). The first kappa shape index (κ1) is 25.0. The highest BCUT2D eigenvalue weighted by Gasteiger charge is 2.17. The molecule has 8 heteroatoms. The summed E-state index contributed by atoms with van der Waals surface area (Å²) in [5.74, 6) is -1.14. The fraction of sp³-hybridized carbons (Fsp3) is 0.231.